The van der Waals surface area contributed by atoms with Crippen LogP contribution < -0.4 is 16.2 Å². The lowest BCUT2D eigenvalue weighted by molar-refractivity contribution is -0.174. The average molecular weight is 645 g/mol. The van der Waals surface area contributed by atoms with E-state index in [2.05, 4.69) is 10.6 Å². The van der Waals surface area contributed by atoms with E-state index in [1.807, 2.05) is 19.0 Å². The quantitative estimate of drug-likeness (QED) is 0.264. The number of hydrogen-bond donors (Lipinski definition) is 2. The van der Waals surface area contributed by atoms with Crippen LogP contribution in [0.5, 0.6) is 0 Å². The summed E-state index contributed by atoms with van der Waals surface area (Å²) in [6, 6.07) is 15.5. The number of amides is 2. The second-order valence-corrected chi connectivity index (χ2v) is 10.9. The Hall–Kier alpha value is -4.98. The first-order valence-corrected chi connectivity index (χ1v) is 14.2. The largest absolute Gasteiger partial charge is 0.461 e. The molecule has 11 nitrogen and oxygen atoms in total. The van der Waals surface area contributed by atoms with Gasteiger partial charge < -0.3 is 19.7 Å². The zero-order chi connectivity index (χ0) is 34.0. The molecule has 2 N–H and O–H groups in total. The molecular formula is C32H35F3N4O7. The number of anilines is 1. The molecule has 0 aliphatic heterocycles. The Balaban J connectivity index is 1.74. The van der Waals surface area contributed by atoms with E-state index >= 15 is 0 Å². The molecule has 1 unspecified atom stereocenters. The number of esters is 1. The minimum absolute atomic E-state index is 0.204. The number of carbonyl (C=O) groups excluding carboxylic acids is 4. The van der Waals surface area contributed by atoms with Crippen LogP contribution in [0.2, 0.25) is 0 Å². The maximum absolute atomic E-state index is 13.5. The Labute approximate surface area is 263 Å². The fourth-order valence-corrected chi connectivity index (χ4v) is 4.20. The number of nitrogens with one attached hydrogen (secondary N) is 2. The third kappa shape index (κ3) is 10.0. The molecule has 2 amide bonds. The molecule has 1 heterocycles. The minimum atomic E-state index is -5.17. The van der Waals surface area contributed by atoms with Crippen LogP contribution in [0, 0.1) is 5.92 Å². The summed E-state index contributed by atoms with van der Waals surface area (Å²) in [7, 11) is 3.70. The number of aromatic nitrogens is 1. The van der Waals surface area contributed by atoms with Crippen LogP contribution in [0.4, 0.5) is 23.7 Å². The van der Waals surface area contributed by atoms with Crippen molar-refractivity contribution in [3.8, 4) is 11.3 Å². The van der Waals surface area contributed by atoms with Crippen molar-refractivity contribution in [1.82, 2.24) is 14.8 Å². The molecule has 0 bridgehead atoms. The van der Waals surface area contributed by atoms with Crippen LogP contribution in [0.3, 0.4) is 0 Å². The molecular weight excluding hydrogens is 609 g/mol. The first-order chi connectivity index (χ1) is 21.7. The van der Waals surface area contributed by atoms with Crippen molar-refractivity contribution >= 4 is 29.4 Å². The monoisotopic (exact) mass is 644 g/mol. The van der Waals surface area contributed by atoms with Crippen molar-refractivity contribution in [1.29, 1.82) is 0 Å². The molecule has 3 aromatic rings. The molecule has 0 saturated carbocycles. The van der Waals surface area contributed by atoms with Gasteiger partial charge in [0.25, 0.3) is 11.3 Å². The van der Waals surface area contributed by atoms with Gasteiger partial charge >= 0.3 is 18.2 Å². The number of halogens is 3. The van der Waals surface area contributed by atoms with Gasteiger partial charge in [-0.1, -0.05) is 56.3 Å². The van der Waals surface area contributed by atoms with Gasteiger partial charge in [-0.25, -0.2) is 9.59 Å². The molecule has 0 saturated heterocycles. The van der Waals surface area contributed by atoms with Crippen molar-refractivity contribution < 1.29 is 41.8 Å². The number of Topliss-reactive ketones (excluding diaryl/α,β-unsaturated/α-hetero) is 1. The van der Waals surface area contributed by atoms with Crippen molar-refractivity contribution in [3.05, 3.63) is 88.2 Å². The van der Waals surface area contributed by atoms with Gasteiger partial charge in [-0.05, 0) is 55.4 Å². The van der Waals surface area contributed by atoms with Gasteiger partial charge in [0.2, 0.25) is 5.91 Å². The molecule has 14 heteroatoms. The molecule has 0 fully saturated rings. The van der Waals surface area contributed by atoms with E-state index in [1.165, 1.54) is 38.1 Å². The van der Waals surface area contributed by atoms with Crippen molar-refractivity contribution in [2.75, 3.05) is 32.6 Å². The maximum Gasteiger partial charge on any atom is 0.452 e. The lowest BCUT2D eigenvalue weighted by atomic mass is 9.99. The van der Waals surface area contributed by atoms with Crippen LogP contribution in [0.1, 0.15) is 29.8 Å². The third-order valence-electron chi connectivity index (χ3n) is 6.66. The SMILES string of the molecule is CC(C)C(NC(=O)Cn1c(-c2ccccc2)ccc(NC(=O)OCc2ccc(C(=O)OCCN(C)C)cc2)c1=O)C(=O)C(F)(F)F. The number of rotatable bonds is 13. The van der Waals surface area contributed by atoms with Crippen LogP contribution in [0.25, 0.3) is 11.3 Å². The van der Waals surface area contributed by atoms with Crippen LogP contribution in [-0.4, -0.2) is 72.7 Å². The molecule has 0 aliphatic carbocycles. The van der Waals surface area contributed by atoms with Gasteiger partial charge in [0.15, 0.2) is 0 Å². The van der Waals surface area contributed by atoms with Gasteiger partial charge in [0.1, 0.15) is 25.4 Å². The highest BCUT2D eigenvalue weighted by molar-refractivity contribution is 5.93. The summed E-state index contributed by atoms with van der Waals surface area (Å²) in [6.45, 7) is 2.55. The molecule has 0 aliphatic rings. The predicted octanol–water partition coefficient (Wildman–Crippen LogP) is 4.25. The van der Waals surface area contributed by atoms with E-state index in [1.54, 1.807) is 42.5 Å². The minimum Gasteiger partial charge on any atom is -0.461 e. The number of benzene rings is 2. The fraction of sp³-hybridized carbons (Fsp3) is 0.344. The van der Waals surface area contributed by atoms with Crippen LogP contribution in [0.15, 0.2) is 71.5 Å². The summed E-state index contributed by atoms with van der Waals surface area (Å²) in [5.74, 6) is -4.51. The molecule has 1 aromatic heterocycles. The molecule has 246 valence electrons. The Morgan fingerprint density at radius 1 is 0.913 bits per heavy atom. The average Bonchev–Trinajstić information content (AvgIpc) is 3.00. The van der Waals surface area contributed by atoms with E-state index in [-0.39, 0.29) is 24.6 Å². The second-order valence-electron chi connectivity index (χ2n) is 10.9. The number of nitrogens with zero attached hydrogens (tertiary/aromatic N) is 2. The fourth-order valence-electron chi connectivity index (χ4n) is 4.20. The van der Waals surface area contributed by atoms with E-state index in [0.717, 1.165) is 4.57 Å². The Morgan fingerprint density at radius 3 is 2.15 bits per heavy atom. The van der Waals surface area contributed by atoms with Gasteiger partial charge in [-0.3, -0.25) is 24.3 Å². The molecule has 1 atom stereocenters. The van der Waals surface area contributed by atoms with Crippen LogP contribution >= 0.6 is 0 Å². The lowest BCUT2D eigenvalue weighted by Gasteiger charge is -2.23. The third-order valence-corrected chi connectivity index (χ3v) is 6.66. The van der Waals surface area contributed by atoms with E-state index in [0.29, 0.717) is 23.2 Å². The summed E-state index contributed by atoms with van der Waals surface area (Å²) >= 11 is 0. The van der Waals surface area contributed by atoms with Crippen molar-refractivity contribution in [2.45, 2.75) is 39.2 Å². The normalized spacial score (nSPS) is 12.0. The summed E-state index contributed by atoms with van der Waals surface area (Å²) in [6.07, 6.45) is -6.17. The lowest BCUT2D eigenvalue weighted by Crippen LogP contribution is -2.50. The van der Waals surface area contributed by atoms with E-state index in [4.69, 9.17) is 9.47 Å². The molecule has 2 aromatic carbocycles. The van der Waals surface area contributed by atoms with Gasteiger partial charge in [0, 0.05) is 6.54 Å². The van der Waals surface area contributed by atoms with Gasteiger partial charge in [0.05, 0.1) is 17.3 Å². The molecule has 46 heavy (non-hydrogen) atoms. The Kier molecular flexibility index (Phi) is 12.2. The number of ether oxygens (including phenoxy) is 2. The highest BCUT2D eigenvalue weighted by Gasteiger charge is 2.45. The summed E-state index contributed by atoms with van der Waals surface area (Å²) in [4.78, 5) is 64.9. The number of pyridine rings is 1. The number of carbonyl (C=O) groups is 4. The molecule has 0 radical (unpaired) electrons. The standard InChI is InChI=1S/C32H35F3N4O7/c1-20(2)27(28(41)32(33,34)35)37-26(40)18-39-25(22-8-6-5-7-9-22)15-14-24(29(39)42)36-31(44)46-19-21-10-12-23(13-11-21)30(43)45-17-16-38(3)4/h5-15,20,27H,16-19H2,1-4H3,(H,36,44)(H,37,40). The molecule has 3 rings (SSSR count). The van der Waals surface area contributed by atoms with Crippen LogP contribution in [-0.2, 0) is 32.2 Å². The number of likely N-dealkylation sites (N-methyl/N-ethyl adjacent to an activating group) is 1. The van der Waals surface area contributed by atoms with Crippen molar-refractivity contribution in [2.24, 2.45) is 5.92 Å². The van der Waals surface area contributed by atoms with Gasteiger partial charge in [-0.2, -0.15) is 13.2 Å². The van der Waals surface area contributed by atoms with Gasteiger partial charge in [-0.15, -0.1) is 0 Å². The molecule has 0 spiro atoms. The summed E-state index contributed by atoms with van der Waals surface area (Å²) in [5, 5.41) is 4.41. The topological polar surface area (TPSA) is 136 Å². The first-order valence-electron chi connectivity index (χ1n) is 14.2. The summed E-state index contributed by atoms with van der Waals surface area (Å²) in [5.41, 5.74) is 0.509. The highest BCUT2D eigenvalue weighted by atomic mass is 19.4. The van der Waals surface area contributed by atoms with E-state index < -0.39 is 54.0 Å². The zero-order valence-electron chi connectivity index (χ0n) is 25.7. The highest BCUT2D eigenvalue weighted by Crippen LogP contribution is 2.22. The number of alkyl halides is 3. The number of hydrogen-bond acceptors (Lipinski definition) is 8. The predicted molar refractivity (Wildman–Crippen MR) is 163 cm³/mol. The van der Waals surface area contributed by atoms with Crippen molar-refractivity contribution in [3.63, 3.8) is 0 Å². The smallest absolute Gasteiger partial charge is 0.452 e. The first kappa shape index (κ1) is 35.5. The number of ketones is 1. The van der Waals surface area contributed by atoms with E-state index in [9.17, 15) is 37.1 Å². The maximum atomic E-state index is 13.5. The second kappa shape index (κ2) is 15.8. The Morgan fingerprint density at radius 2 is 1.57 bits per heavy atom. The summed E-state index contributed by atoms with van der Waals surface area (Å²) < 4.78 is 50.7. The Bertz CT molecular complexity index is 1590. The zero-order valence-corrected chi connectivity index (χ0v) is 25.7.